The molecule has 0 radical (unpaired) electrons. The number of fused-ring (bicyclic) bond motifs is 2. The number of likely N-dealkylation sites (tertiary alicyclic amines) is 1. The predicted octanol–water partition coefficient (Wildman–Crippen LogP) is 4.43. The molecule has 0 spiro atoms. The highest BCUT2D eigenvalue weighted by Gasteiger charge is 2.37. The van der Waals surface area contributed by atoms with E-state index in [9.17, 15) is 4.79 Å². The van der Waals surface area contributed by atoms with Crippen molar-refractivity contribution >= 4 is 16.8 Å². The number of nitrogens with zero attached hydrogens (tertiary/aromatic N) is 4. The highest BCUT2D eigenvalue weighted by Crippen LogP contribution is 2.37. The third-order valence-corrected chi connectivity index (χ3v) is 6.54. The molecule has 2 atom stereocenters. The van der Waals surface area contributed by atoms with Crippen LogP contribution in [0.2, 0.25) is 0 Å². The van der Waals surface area contributed by atoms with Crippen LogP contribution in [0.1, 0.15) is 48.9 Å². The van der Waals surface area contributed by atoms with E-state index in [1.165, 1.54) is 25.7 Å². The largest absolute Gasteiger partial charge is 0.335 e. The number of para-hydroxylation sites is 1. The maximum Gasteiger partial charge on any atom is 0.257 e. The van der Waals surface area contributed by atoms with Gasteiger partial charge in [0.2, 0.25) is 0 Å². The van der Waals surface area contributed by atoms with Gasteiger partial charge in [-0.1, -0.05) is 31.0 Å². The van der Waals surface area contributed by atoms with E-state index in [4.69, 9.17) is 0 Å². The predicted molar refractivity (Wildman–Crippen MR) is 110 cm³/mol. The summed E-state index contributed by atoms with van der Waals surface area (Å²) in [6.45, 7) is 0.865. The van der Waals surface area contributed by atoms with Crippen LogP contribution in [-0.4, -0.2) is 38.2 Å². The summed E-state index contributed by atoms with van der Waals surface area (Å²) in [4.78, 5) is 20.3. The highest BCUT2D eigenvalue weighted by atomic mass is 16.2. The number of aryl methyl sites for hydroxylation is 1. The van der Waals surface area contributed by atoms with Gasteiger partial charge in [0.25, 0.3) is 5.91 Å². The van der Waals surface area contributed by atoms with E-state index in [2.05, 4.69) is 27.1 Å². The smallest absolute Gasteiger partial charge is 0.257 e. The molecular formula is C23H26N4O. The van der Waals surface area contributed by atoms with Gasteiger partial charge in [-0.3, -0.25) is 14.5 Å². The summed E-state index contributed by atoms with van der Waals surface area (Å²) in [6, 6.07) is 10.6. The van der Waals surface area contributed by atoms with Crippen molar-refractivity contribution in [3.63, 3.8) is 0 Å². The normalized spacial score (nSPS) is 22.2. The van der Waals surface area contributed by atoms with Crippen LogP contribution in [0.25, 0.3) is 22.2 Å². The van der Waals surface area contributed by atoms with Crippen LogP contribution in [0.3, 0.4) is 0 Å². The summed E-state index contributed by atoms with van der Waals surface area (Å²) >= 11 is 0. The van der Waals surface area contributed by atoms with Crippen molar-refractivity contribution < 1.29 is 4.79 Å². The third-order valence-electron chi connectivity index (χ3n) is 6.54. The number of carbonyl (C=O) groups excluding carboxylic acids is 1. The second-order valence-corrected chi connectivity index (χ2v) is 8.20. The minimum Gasteiger partial charge on any atom is -0.335 e. The van der Waals surface area contributed by atoms with Crippen LogP contribution >= 0.6 is 0 Å². The monoisotopic (exact) mass is 374 g/mol. The van der Waals surface area contributed by atoms with Crippen molar-refractivity contribution in [3.05, 3.63) is 48.3 Å². The van der Waals surface area contributed by atoms with E-state index in [1.54, 1.807) is 10.9 Å². The van der Waals surface area contributed by atoms with E-state index in [1.807, 2.05) is 31.4 Å². The minimum atomic E-state index is 0.132. The fourth-order valence-electron chi connectivity index (χ4n) is 5.17. The molecule has 28 heavy (non-hydrogen) atoms. The molecule has 1 aliphatic heterocycles. The zero-order chi connectivity index (χ0) is 19.1. The Balaban J connectivity index is 1.53. The van der Waals surface area contributed by atoms with Gasteiger partial charge in [0, 0.05) is 36.8 Å². The van der Waals surface area contributed by atoms with Gasteiger partial charge < -0.3 is 4.90 Å². The molecule has 1 aliphatic carbocycles. The second kappa shape index (κ2) is 7.04. The van der Waals surface area contributed by atoms with E-state index >= 15 is 0 Å². The molecule has 0 N–H and O–H groups in total. The average Bonchev–Trinajstić information content (AvgIpc) is 3.14. The van der Waals surface area contributed by atoms with Gasteiger partial charge in [0.1, 0.15) is 0 Å². The molecule has 5 nitrogen and oxygen atoms in total. The van der Waals surface area contributed by atoms with Gasteiger partial charge in [-0.05, 0) is 43.7 Å². The van der Waals surface area contributed by atoms with E-state index in [0.29, 0.717) is 17.5 Å². The number of hydrogen-bond acceptors (Lipinski definition) is 3. The number of hydrogen-bond donors (Lipinski definition) is 0. The van der Waals surface area contributed by atoms with Crippen LogP contribution in [-0.2, 0) is 7.05 Å². The molecule has 2 aliphatic rings. The molecule has 2 aromatic heterocycles. The molecule has 1 aromatic carbocycles. The van der Waals surface area contributed by atoms with Crippen molar-refractivity contribution in [1.29, 1.82) is 0 Å². The van der Waals surface area contributed by atoms with Crippen LogP contribution in [0, 0.1) is 5.92 Å². The van der Waals surface area contributed by atoms with Gasteiger partial charge in [-0.15, -0.1) is 0 Å². The Bertz CT molecular complexity index is 1020. The third kappa shape index (κ3) is 2.89. The minimum absolute atomic E-state index is 0.132. The number of piperidine rings is 1. The number of carbonyl (C=O) groups is 1. The standard InChI is InChI=1S/C23H26N4O/c1-26-22(18-13-17-8-2-4-10-20(17)24-14-18)19(15-25-26)23(28)27-12-6-9-16-7-3-5-11-21(16)27/h2,4,8,10,13-16,21H,3,5-7,9,11-12H2,1H3. The number of benzene rings is 1. The summed E-state index contributed by atoms with van der Waals surface area (Å²) in [7, 11) is 1.90. The summed E-state index contributed by atoms with van der Waals surface area (Å²) in [6.07, 6.45) is 10.9. The van der Waals surface area contributed by atoms with Gasteiger partial charge >= 0.3 is 0 Å². The van der Waals surface area contributed by atoms with Gasteiger partial charge in [0.05, 0.1) is 23.0 Å². The van der Waals surface area contributed by atoms with Crippen LogP contribution in [0.4, 0.5) is 0 Å². The second-order valence-electron chi connectivity index (χ2n) is 8.20. The van der Waals surface area contributed by atoms with Crippen molar-refractivity contribution in [2.45, 2.75) is 44.6 Å². The molecule has 1 saturated heterocycles. The Kier molecular flexibility index (Phi) is 4.38. The lowest BCUT2D eigenvalue weighted by atomic mass is 9.78. The lowest BCUT2D eigenvalue weighted by Gasteiger charge is -2.44. The number of pyridine rings is 1. The van der Waals surface area contributed by atoms with Gasteiger partial charge in [-0.25, -0.2) is 0 Å². The molecule has 5 rings (SSSR count). The molecule has 2 fully saturated rings. The number of rotatable bonds is 2. The Morgan fingerprint density at radius 2 is 1.89 bits per heavy atom. The Hall–Kier alpha value is -2.69. The molecule has 1 saturated carbocycles. The molecule has 3 heterocycles. The Morgan fingerprint density at radius 3 is 2.82 bits per heavy atom. The molecule has 5 heteroatoms. The lowest BCUT2D eigenvalue weighted by molar-refractivity contribution is 0.0391. The topological polar surface area (TPSA) is 51.0 Å². The molecule has 3 aromatic rings. The van der Waals surface area contributed by atoms with Crippen molar-refractivity contribution in [1.82, 2.24) is 19.7 Å². The first-order valence-electron chi connectivity index (χ1n) is 10.4. The first-order valence-corrected chi connectivity index (χ1v) is 10.4. The zero-order valence-corrected chi connectivity index (χ0v) is 16.3. The Labute approximate surface area is 165 Å². The summed E-state index contributed by atoms with van der Waals surface area (Å²) in [5.41, 5.74) is 3.47. The number of amides is 1. The number of aromatic nitrogens is 3. The van der Waals surface area contributed by atoms with Crippen LogP contribution in [0.15, 0.2) is 42.7 Å². The van der Waals surface area contributed by atoms with Crippen molar-refractivity contribution in [2.24, 2.45) is 13.0 Å². The Morgan fingerprint density at radius 1 is 1.07 bits per heavy atom. The summed E-state index contributed by atoms with van der Waals surface area (Å²) < 4.78 is 1.81. The lowest BCUT2D eigenvalue weighted by Crippen LogP contribution is -2.49. The maximum atomic E-state index is 13.6. The highest BCUT2D eigenvalue weighted by molar-refractivity contribution is 6.00. The summed E-state index contributed by atoms with van der Waals surface area (Å²) in [5.74, 6) is 0.807. The van der Waals surface area contributed by atoms with E-state index < -0.39 is 0 Å². The van der Waals surface area contributed by atoms with Crippen LogP contribution < -0.4 is 0 Å². The molecule has 144 valence electrons. The SMILES string of the molecule is Cn1ncc(C(=O)N2CCCC3CCCCC32)c1-c1cnc2ccccc2c1. The van der Waals surface area contributed by atoms with E-state index in [0.717, 1.165) is 41.5 Å². The van der Waals surface area contributed by atoms with E-state index in [-0.39, 0.29) is 5.91 Å². The van der Waals surface area contributed by atoms with Crippen molar-refractivity contribution in [2.75, 3.05) is 6.54 Å². The van der Waals surface area contributed by atoms with Crippen molar-refractivity contribution in [3.8, 4) is 11.3 Å². The first kappa shape index (κ1) is 17.4. The van der Waals surface area contributed by atoms with Crippen LogP contribution in [0.5, 0.6) is 0 Å². The molecular weight excluding hydrogens is 348 g/mol. The fourth-order valence-corrected chi connectivity index (χ4v) is 5.17. The first-order chi connectivity index (χ1) is 13.7. The average molecular weight is 374 g/mol. The summed E-state index contributed by atoms with van der Waals surface area (Å²) in [5, 5.41) is 5.51. The van der Waals surface area contributed by atoms with Gasteiger partial charge in [0.15, 0.2) is 0 Å². The fraction of sp³-hybridized carbons (Fsp3) is 0.435. The quantitative estimate of drug-likeness (QED) is 0.667. The maximum absolute atomic E-state index is 13.6. The molecule has 0 bridgehead atoms. The molecule has 1 amide bonds. The zero-order valence-electron chi connectivity index (χ0n) is 16.3. The molecule has 2 unspecified atom stereocenters. The van der Waals surface area contributed by atoms with Gasteiger partial charge in [-0.2, -0.15) is 5.10 Å².